The summed E-state index contributed by atoms with van der Waals surface area (Å²) in [5.41, 5.74) is 10.2. The second kappa shape index (κ2) is 9.31. The van der Waals surface area contributed by atoms with Crippen molar-refractivity contribution < 1.29 is 13.6 Å². The average molecular weight is 580 g/mol. The molecule has 10 rings (SSSR count). The number of nitrogens with zero attached hydrogens (tertiary/aromatic N) is 1. The highest BCUT2D eigenvalue weighted by Crippen LogP contribution is 2.48. The first-order chi connectivity index (χ1) is 22.3. The number of para-hydroxylation sites is 5. The average Bonchev–Trinajstić information content (AvgIpc) is 3.79. The van der Waals surface area contributed by atoms with Crippen LogP contribution in [0, 0.1) is 0 Å². The predicted molar refractivity (Wildman–Crippen MR) is 181 cm³/mol. The van der Waals surface area contributed by atoms with Crippen LogP contribution in [0.5, 0.6) is 5.75 Å². The van der Waals surface area contributed by atoms with Crippen LogP contribution in [0.2, 0.25) is 0 Å². The molecule has 4 heterocycles. The molecule has 0 N–H and O–H groups in total. The summed E-state index contributed by atoms with van der Waals surface area (Å²) in [5, 5.41) is 4.33. The van der Waals surface area contributed by atoms with E-state index in [-0.39, 0.29) is 12.0 Å². The standard InChI is InChI=1S/C41H25NO3/c1-4-19-36-26(10-1)29-14-7-13-25(39(29)43-36)24-22-34(32-17-8-15-30-27-11-2-5-20-37(27)44-40(30)32)42-35(23-24)33-18-9-16-31-28-12-3-6-21-38(28)45-41(31)33/h1-23,26,36H. The molecule has 0 spiro atoms. The third-order valence-electron chi connectivity index (χ3n) is 9.24. The maximum atomic E-state index is 6.61. The van der Waals surface area contributed by atoms with E-state index in [0.29, 0.717) is 0 Å². The number of pyridine rings is 1. The van der Waals surface area contributed by atoms with Crippen molar-refractivity contribution in [2.75, 3.05) is 0 Å². The Morgan fingerprint density at radius 2 is 1.07 bits per heavy atom. The largest absolute Gasteiger partial charge is 0.484 e. The number of rotatable bonds is 3. The van der Waals surface area contributed by atoms with E-state index in [0.717, 1.165) is 83.3 Å². The van der Waals surface area contributed by atoms with E-state index in [2.05, 4.69) is 103 Å². The molecule has 1 aliphatic carbocycles. The van der Waals surface area contributed by atoms with E-state index >= 15 is 0 Å². The van der Waals surface area contributed by atoms with Crippen LogP contribution in [-0.2, 0) is 0 Å². The SMILES string of the molecule is C1=CC2Oc3c(-c4cc(-c5cccc6c5oc5ccccc56)nc(-c5cccc6c5oc5ccccc56)c4)cccc3C2C=C1. The molecule has 2 unspecified atom stereocenters. The van der Waals surface area contributed by atoms with Crippen LogP contribution in [0.3, 0.4) is 0 Å². The highest BCUT2D eigenvalue weighted by molar-refractivity contribution is 6.11. The van der Waals surface area contributed by atoms with Crippen molar-refractivity contribution in [1.29, 1.82) is 0 Å². The minimum Gasteiger partial charge on any atom is -0.484 e. The monoisotopic (exact) mass is 579 g/mol. The predicted octanol–water partition coefficient (Wildman–Crippen LogP) is 10.9. The molecule has 0 bridgehead atoms. The second-order valence-electron chi connectivity index (χ2n) is 11.8. The molecule has 0 fully saturated rings. The third-order valence-corrected chi connectivity index (χ3v) is 9.24. The van der Waals surface area contributed by atoms with Gasteiger partial charge < -0.3 is 13.6 Å². The van der Waals surface area contributed by atoms with Gasteiger partial charge in [-0.05, 0) is 48.0 Å². The molecule has 4 nitrogen and oxygen atoms in total. The smallest absolute Gasteiger partial charge is 0.144 e. The molecule has 0 radical (unpaired) electrons. The van der Waals surface area contributed by atoms with Crippen molar-refractivity contribution in [1.82, 2.24) is 4.98 Å². The molecule has 0 saturated carbocycles. The molecule has 1 aliphatic heterocycles. The molecule has 2 aliphatic rings. The van der Waals surface area contributed by atoms with E-state index in [1.54, 1.807) is 0 Å². The summed E-state index contributed by atoms with van der Waals surface area (Å²) in [5.74, 6) is 1.13. The van der Waals surface area contributed by atoms with Gasteiger partial charge in [0, 0.05) is 49.7 Å². The zero-order valence-corrected chi connectivity index (χ0v) is 24.1. The molecule has 212 valence electrons. The van der Waals surface area contributed by atoms with Gasteiger partial charge in [-0.15, -0.1) is 0 Å². The molecule has 5 aromatic carbocycles. The van der Waals surface area contributed by atoms with Crippen LogP contribution in [0.25, 0.3) is 77.5 Å². The summed E-state index contributed by atoms with van der Waals surface area (Å²) in [4.78, 5) is 5.32. The number of benzene rings is 5. The molecular formula is C41H25NO3. The number of fused-ring (bicyclic) bond motifs is 9. The minimum atomic E-state index is 0.000483. The van der Waals surface area contributed by atoms with Crippen LogP contribution in [0.1, 0.15) is 11.5 Å². The quantitative estimate of drug-likeness (QED) is 0.209. The van der Waals surface area contributed by atoms with Crippen LogP contribution in [0.4, 0.5) is 0 Å². The first kappa shape index (κ1) is 24.6. The van der Waals surface area contributed by atoms with Crippen molar-refractivity contribution in [3.63, 3.8) is 0 Å². The Hall–Kier alpha value is -5.87. The maximum Gasteiger partial charge on any atom is 0.144 e. The number of ether oxygens (including phenoxy) is 1. The van der Waals surface area contributed by atoms with Gasteiger partial charge in [0.15, 0.2) is 0 Å². The number of aromatic nitrogens is 1. The van der Waals surface area contributed by atoms with E-state index < -0.39 is 0 Å². The normalized spacial score (nSPS) is 16.9. The second-order valence-corrected chi connectivity index (χ2v) is 11.8. The highest BCUT2D eigenvalue weighted by Gasteiger charge is 2.34. The van der Waals surface area contributed by atoms with Crippen LogP contribution < -0.4 is 4.74 Å². The zero-order chi connectivity index (χ0) is 29.5. The third kappa shape index (κ3) is 3.63. The van der Waals surface area contributed by atoms with Gasteiger partial charge in [0.2, 0.25) is 0 Å². The summed E-state index contributed by atoms with van der Waals surface area (Å²) >= 11 is 0. The van der Waals surface area contributed by atoms with Crippen molar-refractivity contribution in [2.24, 2.45) is 0 Å². The molecule has 4 heteroatoms. The summed E-state index contributed by atoms with van der Waals surface area (Å²) in [6.07, 6.45) is 8.55. The van der Waals surface area contributed by atoms with Gasteiger partial charge in [0.1, 0.15) is 34.2 Å². The minimum absolute atomic E-state index is 0.000483. The zero-order valence-electron chi connectivity index (χ0n) is 24.1. The van der Waals surface area contributed by atoms with Gasteiger partial charge in [-0.2, -0.15) is 0 Å². The Balaban J connectivity index is 1.25. The summed E-state index contributed by atoms with van der Waals surface area (Å²) < 4.78 is 19.6. The lowest BCUT2D eigenvalue weighted by molar-refractivity contribution is 0.270. The van der Waals surface area contributed by atoms with Crippen molar-refractivity contribution in [2.45, 2.75) is 12.0 Å². The summed E-state index contributed by atoms with van der Waals surface area (Å²) in [7, 11) is 0. The number of allylic oxidation sites excluding steroid dienone is 2. The summed E-state index contributed by atoms with van der Waals surface area (Å²) in [6, 6.07) is 39.7. The van der Waals surface area contributed by atoms with Crippen LogP contribution in [-0.4, -0.2) is 11.1 Å². The number of hydrogen-bond donors (Lipinski definition) is 0. The molecule has 0 amide bonds. The highest BCUT2D eigenvalue weighted by atomic mass is 16.5. The Bertz CT molecular complexity index is 2410. The van der Waals surface area contributed by atoms with Crippen LogP contribution in [0.15, 0.2) is 148 Å². The molecule has 45 heavy (non-hydrogen) atoms. The van der Waals surface area contributed by atoms with Crippen molar-refractivity contribution >= 4 is 43.9 Å². The first-order valence-electron chi connectivity index (χ1n) is 15.3. The van der Waals surface area contributed by atoms with Gasteiger partial charge in [-0.3, -0.25) is 0 Å². The molecule has 8 aromatic rings. The first-order valence-corrected chi connectivity index (χ1v) is 15.3. The Morgan fingerprint density at radius 3 is 1.73 bits per heavy atom. The van der Waals surface area contributed by atoms with E-state index in [9.17, 15) is 0 Å². The lowest BCUT2D eigenvalue weighted by atomic mass is 9.90. The van der Waals surface area contributed by atoms with Gasteiger partial charge in [-0.25, -0.2) is 4.98 Å². The fraction of sp³-hybridized carbons (Fsp3) is 0.0488. The topological polar surface area (TPSA) is 48.4 Å². The lowest BCUT2D eigenvalue weighted by Crippen LogP contribution is -2.15. The van der Waals surface area contributed by atoms with Crippen LogP contribution >= 0.6 is 0 Å². The molecule has 2 atom stereocenters. The Kier molecular flexibility index (Phi) is 5.08. The van der Waals surface area contributed by atoms with Gasteiger partial charge in [0.25, 0.3) is 0 Å². The maximum absolute atomic E-state index is 6.61. The Morgan fingerprint density at radius 1 is 0.511 bits per heavy atom. The van der Waals surface area contributed by atoms with Gasteiger partial charge in [-0.1, -0.05) is 97.1 Å². The fourth-order valence-corrected chi connectivity index (χ4v) is 7.15. The van der Waals surface area contributed by atoms with Gasteiger partial charge >= 0.3 is 0 Å². The van der Waals surface area contributed by atoms with Crippen molar-refractivity contribution in [3.05, 3.63) is 145 Å². The van der Waals surface area contributed by atoms with E-state index in [1.165, 1.54) is 5.56 Å². The van der Waals surface area contributed by atoms with Crippen molar-refractivity contribution in [3.8, 4) is 39.4 Å². The Labute approximate surface area is 258 Å². The molecule has 3 aromatic heterocycles. The van der Waals surface area contributed by atoms with E-state index in [1.807, 2.05) is 36.4 Å². The fourth-order valence-electron chi connectivity index (χ4n) is 7.15. The lowest BCUT2D eigenvalue weighted by Gasteiger charge is -2.14. The summed E-state index contributed by atoms with van der Waals surface area (Å²) in [6.45, 7) is 0. The van der Waals surface area contributed by atoms with Gasteiger partial charge in [0.05, 0.1) is 11.4 Å². The molecular weight excluding hydrogens is 554 g/mol. The van der Waals surface area contributed by atoms with E-state index in [4.69, 9.17) is 18.6 Å². The molecule has 0 saturated heterocycles. The number of furan rings is 2. The number of hydrogen-bond acceptors (Lipinski definition) is 4.